The van der Waals surface area contributed by atoms with E-state index in [0.29, 0.717) is 17.3 Å². The van der Waals surface area contributed by atoms with Gasteiger partial charge in [-0.15, -0.1) is 6.58 Å². The van der Waals surface area contributed by atoms with Gasteiger partial charge >= 0.3 is 0 Å². The number of nitrogens with one attached hydrogen (secondary N) is 2. The molecule has 0 fully saturated rings. The first-order valence-corrected chi connectivity index (χ1v) is 8.23. The fraction of sp³-hybridized carbons (Fsp3) is 0.158. The molecule has 1 aliphatic rings. The van der Waals surface area contributed by atoms with Gasteiger partial charge in [0.15, 0.2) is 0 Å². The van der Waals surface area contributed by atoms with E-state index in [9.17, 15) is 4.79 Å². The van der Waals surface area contributed by atoms with Gasteiger partial charge < -0.3 is 10.3 Å². The summed E-state index contributed by atoms with van der Waals surface area (Å²) in [7, 11) is 0. The molecule has 120 valence electrons. The van der Waals surface area contributed by atoms with E-state index in [4.69, 9.17) is 11.6 Å². The van der Waals surface area contributed by atoms with E-state index in [2.05, 4.69) is 21.9 Å². The Balaban J connectivity index is 1.90. The molecule has 0 saturated heterocycles. The molecule has 3 heterocycles. The third kappa shape index (κ3) is 2.39. The molecular weight excluding hydrogens is 322 g/mol. The summed E-state index contributed by atoms with van der Waals surface area (Å²) in [6.45, 7) is 4.43. The number of fused-ring (bicyclic) bond motifs is 2. The average Bonchev–Trinajstić information content (AvgIpc) is 3.03. The van der Waals surface area contributed by atoms with Gasteiger partial charge in [0.25, 0.3) is 5.91 Å². The highest BCUT2D eigenvalue weighted by molar-refractivity contribution is 6.29. The summed E-state index contributed by atoms with van der Waals surface area (Å²) in [5.74, 6) is 0.175. The van der Waals surface area contributed by atoms with Crippen molar-refractivity contribution in [3.05, 3.63) is 65.5 Å². The molecule has 1 amide bonds. The fourth-order valence-electron chi connectivity index (χ4n) is 3.28. The zero-order valence-electron chi connectivity index (χ0n) is 13.0. The van der Waals surface area contributed by atoms with E-state index < -0.39 is 0 Å². The smallest absolute Gasteiger partial charge is 0.253 e. The number of amides is 1. The molecule has 4 rings (SSSR count). The molecule has 3 aromatic rings. The molecular formula is C19H16ClN3O. The van der Waals surface area contributed by atoms with Gasteiger partial charge in [0.2, 0.25) is 0 Å². The lowest BCUT2D eigenvalue weighted by molar-refractivity contribution is 0.0940. The Kier molecular flexibility index (Phi) is 3.62. The average molecular weight is 338 g/mol. The summed E-state index contributed by atoms with van der Waals surface area (Å²) in [6, 6.07) is 11.6. The summed E-state index contributed by atoms with van der Waals surface area (Å²) in [5, 5.41) is 4.40. The van der Waals surface area contributed by atoms with Crippen molar-refractivity contribution in [2.75, 3.05) is 6.54 Å². The molecule has 0 saturated carbocycles. The summed E-state index contributed by atoms with van der Waals surface area (Å²) in [6.07, 6.45) is 2.69. The molecule has 1 unspecified atom stereocenters. The van der Waals surface area contributed by atoms with Crippen molar-refractivity contribution in [3.63, 3.8) is 0 Å². The van der Waals surface area contributed by atoms with Crippen molar-refractivity contribution < 1.29 is 4.79 Å². The largest absolute Gasteiger partial charge is 0.357 e. The van der Waals surface area contributed by atoms with Crippen molar-refractivity contribution in [2.24, 2.45) is 0 Å². The maximum Gasteiger partial charge on any atom is 0.253 e. The van der Waals surface area contributed by atoms with Crippen LogP contribution >= 0.6 is 11.6 Å². The second-order valence-electron chi connectivity index (χ2n) is 5.95. The Morgan fingerprint density at radius 2 is 2.17 bits per heavy atom. The van der Waals surface area contributed by atoms with Crippen molar-refractivity contribution >= 4 is 28.4 Å². The van der Waals surface area contributed by atoms with Crippen molar-refractivity contribution in [3.8, 4) is 11.3 Å². The van der Waals surface area contributed by atoms with Gasteiger partial charge in [-0.3, -0.25) is 4.79 Å². The minimum absolute atomic E-state index is 0.0426. The predicted octanol–water partition coefficient (Wildman–Crippen LogP) is 4.29. The number of H-pyrrole nitrogens is 1. The quantitative estimate of drug-likeness (QED) is 0.553. The van der Waals surface area contributed by atoms with E-state index in [0.717, 1.165) is 34.3 Å². The third-order valence-electron chi connectivity index (χ3n) is 4.44. The number of nitrogens with zero attached hydrogens (tertiary/aromatic N) is 1. The van der Waals surface area contributed by atoms with E-state index in [-0.39, 0.29) is 11.8 Å². The first-order chi connectivity index (χ1) is 11.7. The second kappa shape index (κ2) is 5.80. The number of allylic oxidation sites excluding steroid dienone is 1. The minimum atomic E-state index is -0.0426. The first-order valence-electron chi connectivity index (χ1n) is 7.85. The monoisotopic (exact) mass is 337 g/mol. The van der Waals surface area contributed by atoms with Crippen LogP contribution in [0.3, 0.4) is 0 Å². The minimum Gasteiger partial charge on any atom is -0.357 e. The first kappa shape index (κ1) is 15.0. The van der Waals surface area contributed by atoms with Crippen molar-refractivity contribution in [1.82, 2.24) is 15.3 Å². The van der Waals surface area contributed by atoms with E-state index in [1.54, 1.807) is 6.07 Å². The Labute approximate surface area is 144 Å². The zero-order valence-corrected chi connectivity index (χ0v) is 13.7. The predicted molar refractivity (Wildman–Crippen MR) is 96.4 cm³/mol. The lowest BCUT2D eigenvalue weighted by Crippen LogP contribution is -2.34. The van der Waals surface area contributed by atoms with Crippen LogP contribution in [0.25, 0.3) is 22.2 Å². The molecule has 1 aliphatic heterocycles. The Morgan fingerprint density at radius 3 is 3.00 bits per heavy atom. The number of carbonyl (C=O) groups is 1. The molecule has 1 aromatic carbocycles. The number of pyridine rings is 1. The number of rotatable bonds is 3. The normalized spacial score (nSPS) is 16.7. The number of carbonyl (C=O) groups excluding carboxylic acids is 1. The Morgan fingerprint density at radius 1 is 1.29 bits per heavy atom. The Hall–Kier alpha value is -2.59. The standard InChI is InChI=1S/C19H16ClN3O/c1-2-4-12-10-21-19(24)14-9-15(22-18(12)14)13-6-3-5-11-7-8-16(20)23-17(11)13/h2-3,5-9,12,22H,1,4,10H2,(H,21,24). The summed E-state index contributed by atoms with van der Waals surface area (Å²) < 4.78 is 0. The Bertz CT molecular complexity index is 960. The van der Waals surface area contributed by atoms with Gasteiger partial charge in [-0.1, -0.05) is 35.9 Å². The zero-order chi connectivity index (χ0) is 16.7. The maximum absolute atomic E-state index is 12.2. The van der Waals surface area contributed by atoms with Gasteiger partial charge in [0, 0.05) is 34.8 Å². The van der Waals surface area contributed by atoms with Crippen LogP contribution in [0.5, 0.6) is 0 Å². The third-order valence-corrected chi connectivity index (χ3v) is 4.65. The number of aromatic amines is 1. The van der Waals surface area contributed by atoms with Crippen LogP contribution in [0.15, 0.2) is 49.1 Å². The molecule has 2 aromatic heterocycles. The highest BCUT2D eigenvalue weighted by atomic mass is 35.5. The molecule has 2 N–H and O–H groups in total. The van der Waals surface area contributed by atoms with Crippen LogP contribution in [-0.2, 0) is 0 Å². The van der Waals surface area contributed by atoms with Crippen LogP contribution < -0.4 is 5.32 Å². The number of para-hydroxylation sites is 1. The highest BCUT2D eigenvalue weighted by Crippen LogP contribution is 2.33. The van der Waals surface area contributed by atoms with Gasteiger partial charge in [-0.25, -0.2) is 4.98 Å². The van der Waals surface area contributed by atoms with Gasteiger partial charge in [-0.2, -0.15) is 0 Å². The topological polar surface area (TPSA) is 57.8 Å². The van der Waals surface area contributed by atoms with Gasteiger partial charge in [0.1, 0.15) is 5.15 Å². The van der Waals surface area contributed by atoms with Crippen LogP contribution in [0.2, 0.25) is 5.15 Å². The SMILES string of the molecule is C=CCC1CNC(=O)c2cc(-c3cccc4ccc(Cl)nc34)[nH]c21. The van der Waals surface area contributed by atoms with Crippen LogP contribution in [0, 0.1) is 0 Å². The number of hydrogen-bond acceptors (Lipinski definition) is 2. The van der Waals surface area contributed by atoms with Crippen LogP contribution in [0.4, 0.5) is 0 Å². The van der Waals surface area contributed by atoms with E-state index >= 15 is 0 Å². The molecule has 0 aliphatic carbocycles. The van der Waals surface area contributed by atoms with Crippen molar-refractivity contribution in [1.29, 1.82) is 0 Å². The van der Waals surface area contributed by atoms with E-state index in [1.807, 2.05) is 36.4 Å². The lowest BCUT2D eigenvalue weighted by atomic mass is 9.94. The summed E-state index contributed by atoms with van der Waals surface area (Å²) in [4.78, 5) is 20.1. The van der Waals surface area contributed by atoms with Gasteiger partial charge in [-0.05, 0) is 24.6 Å². The van der Waals surface area contributed by atoms with E-state index in [1.165, 1.54) is 0 Å². The van der Waals surface area contributed by atoms with Crippen LogP contribution in [0.1, 0.15) is 28.4 Å². The fourth-order valence-corrected chi connectivity index (χ4v) is 3.43. The molecule has 1 atom stereocenters. The highest BCUT2D eigenvalue weighted by Gasteiger charge is 2.27. The summed E-state index contributed by atoms with van der Waals surface area (Å²) >= 11 is 6.07. The van der Waals surface area contributed by atoms with Crippen molar-refractivity contribution in [2.45, 2.75) is 12.3 Å². The molecule has 0 radical (unpaired) electrons. The molecule has 24 heavy (non-hydrogen) atoms. The number of benzene rings is 1. The molecule has 0 spiro atoms. The van der Waals surface area contributed by atoms with Gasteiger partial charge in [0.05, 0.1) is 11.1 Å². The summed E-state index contributed by atoms with van der Waals surface area (Å²) in [5.41, 5.74) is 4.31. The number of aromatic nitrogens is 2. The molecule has 4 nitrogen and oxygen atoms in total. The second-order valence-corrected chi connectivity index (χ2v) is 6.34. The molecule has 0 bridgehead atoms. The molecule has 5 heteroatoms. The maximum atomic E-state index is 12.2. The van der Waals surface area contributed by atoms with Crippen LogP contribution in [-0.4, -0.2) is 22.4 Å². The number of halogens is 1. The number of hydrogen-bond donors (Lipinski definition) is 2. The lowest BCUT2D eigenvalue weighted by Gasteiger charge is -2.21.